The van der Waals surface area contributed by atoms with Crippen molar-refractivity contribution in [1.82, 2.24) is 40.0 Å². The van der Waals surface area contributed by atoms with Crippen molar-refractivity contribution in [1.29, 1.82) is 0 Å². The molecule has 56 heavy (non-hydrogen) atoms. The number of anilines is 2. The second-order valence-corrected chi connectivity index (χ2v) is 14.7. The predicted octanol–water partition coefficient (Wildman–Crippen LogP) is 6.04. The molecule has 0 atom stereocenters. The van der Waals surface area contributed by atoms with Crippen LogP contribution in [0.2, 0.25) is 5.02 Å². The van der Waals surface area contributed by atoms with Crippen LogP contribution in [0.5, 0.6) is 0 Å². The van der Waals surface area contributed by atoms with Crippen molar-refractivity contribution >= 4 is 85.2 Å². The van der Waals surface area contributed by atoms with Crippen LogP contribution in [-0.4, -0.2) is 81.7 Å². The summed E-state index contributed by atoms with van der Waals surface area (Å²) < 4.78 is 13.8. The maximum absolute atomic E-state index is 12.6. The van der Waals surface area contributed by atoms with E-state index in [2.05, 4.69) is 45.4 Å². The summed E-state index contributed by atoms with van der Waals surface area (Å²) in [7, 11) is 0. The largest absolute Gasteiger partial charge is 0.403 e. The number of rotatable bonds is 4. The lowest BCUT2D eigenvalue weighted by Crippen LogP contribution is -2.28. The molecular weight excluding hydrogens is 775 g/mol. The lowest BCUT2D eigenvalue weighted by atomic mass is 10.2. The fraction of sp³-hybridized carbons (Fsp3) is 0.256. The molecule has 8 aromatic rings. The van der Waals surface area contributed by atoms with Gasteiger partial charge in [-0.15, -0.1) is 23.7 Å². The van der Waals surface area contributed by atoms with Crippen LogP contribution in [0.4, 0.5) is 11.6 Å². The summed E-state index contributed by atoms with van der Waals surface area (Å²) in [5, 5.41) is 9.46. The first kappa shape index (κ1) is 37.5. The van der Waals surface area contributed by atoms with Gasteiger partial charge in [-0.2, -0.15) is 9.97 Å². The van der Waals surface area contributed by atoms with Gasteiger partial charge in [-0.25, -0.2) is 24.5 Å². The summed E-state index contributed by atoms with van der Waals surface area (Å²) in [4.78, 5) is 51.9. The highest BCUT2D eigenvalue weighted by Gasteiger charge is 2.18. The van der Waals surface area contributed by atoms with Crippen LogP contribution >= 0.6 is 35.3 Å². The number of hydrogen-bond acceptors (Lipinski definition) is 14. The molecule has 2 aliphatic heterocycles. The first-order valence-corrected chi connectivity index (χ1v) is 19.3. The third kappa shape index (κ3) is 7.68. The van der Waals surface area contributed by atoms with Crippen LogP contribution in [-0.2, 0) is 0 Å². The number of imidazole rings is 1. The quantitative estimate of drug-likeness (QED) is 0.212. The van der Waals surface area contributed by atoms with Crippen molar-refractivity contribution in [3.63, 3.8) is 0 Å². The lowest BCUT2D eigenvalue weighted by molar-refractivity contribution is 0.551. The zero-order valence-electron chi connectivity index (χ0n) is 30.0. The van der Waals surface area contributed by atoms with Gasteiger partial charge in [-0.05, 0) is 80.5 Å². The summed E-state index contributed by atoms with van der Waals surface area (Å²) in [5.74, 6) is 2.20. The molecule has 9 heterocycles. The van der Waals surface area contributed by atoms with E-state index in [1.165, 1.54) is 11.3 Å². The minimum Gasteiger partial charge on any atom is -0.403 e. The number of halogens is 2. The molecule has 2 saturated heterocycles. The highest BCUT2D eigenvalue weighted by Crippen LogP contribution is 2.33. The number of nitrogens with zero attached hydrogens (tertiary/aromatic N) is 8. The number of para-hydroxylation sites is 1. The van der Waals surface area contributed by atoms with Gasteiger partial charge < -0.3 is 29.3 Å². The molecule has 0 unspecified atom stereocenters. The van der Waals surface area contributed by atoms with E-state index < -0.39 is 11.3 Å². The van der Waals surface area contributed by atoms with Gasteiger partial charge in [0.05, 0.1) is 26.5 Å². The lowest BCUT2D eigenvalue weighted by Gasteiger charge is -2.20. The van der Waals surface area contributed by atoms with Gasteiger partial charge in [0.15, 0.2) is 0 Å². The van der Waals surface area contributed by atoms with Crippen molar-refractivity contribution in [2.75, 3.05) is 62.2 Å². The van der Waals surface area contributed by atoms with E-state index in [0.29, 0.717) is 49.6 Å². The van der Waals surface area contributed by atoms with Gasteiger partial charge in [0.25, 0.3) is 0 Å². The van der Waals surface area contributed by atoms with Crippen molar-refractivity contribution in [3.05, 3.63) is 105 Å². The Morgan fingerprint density at radius 1 is 0.714 bits per heavy atom. The third-order valence-electron chi connectivity index (χ3n) is 9.61. The maximum Gasteiger partial charge on any atom is 0.347 e. The minimum absolute atomic E-state index is 0. The van der Waals surface area contributed by atoms with Gasteiger partial charge in [0, 0.05) is 68.6 Å². The van der Waals surface area contributed by atoms with E-state index in [0.717, 1.165) is 92.3 Å². The van der Waals surface area contributed by atoms with Crippen LogP contribution in [0.3, 0.4) is 0 Å². The van der Waals surface area contributed by atoms with Crippen LogP contribution in [0.1, 0.15) is 12.8 Å². The average Bonchev–Trinajstić information content (AvgIpc) is 3.60. The fourth-order valence-corrected chi connectivity index (χ4v) is 8.07. The molecule has 286 valence electrons. The SMILES string of the molecule is Cl.O=c1oc2nc(N3CCCNCC3)ccc2cc1-c1cn2cccnc2n1.O=c1oc2nc(N3CCCNCC3)ccc2cc1-c1nc2c(Cl)cccc2s1. The molecule has 17 heteroatoms. The summed E-state index contributed by atoms with van der Waals surface area (Å²) in [5.41, 5.74) is 1.87. The third-order valence-corrected chi connectivity index (χ3v) is 11.0. The van der Waals surface area contributed by atoms with Crippen molar-refractivity contribution in [3.8, 4) is 21.8 Å². The smallest absolute Gasteiger partial charge is 0.347 e. The average molecular weight is 812 g/mol. The molecule has 0 amide bonds. The monoisotopic (exact) mass is 810 g/mol. The number of fused-ring (bicyclic) bond motifs is 4. The van der Waals surface area contributed by atoms with Crippen LogP contribution in [0.25, 0.3) is 60.0 Å². The van der Waals surface area contributed by atoms with E-state index in [4.69, 9.17) is 20.4 Å². The van der Waals surface area contributed by atoms with E-state index in [1.54, 1.807) is 35.0 Å². The predicted molar refractivity (Wildman–Crippen MR) is 223 cm³/mol. The van der Waals surface area contributed by atoms with E-state index in [9.17, 15) is 9.59 Å². The number of thiazole rings is 1. The van der Waals surface area contributed by atoms with Crippen molar-refractivity contribution < 1.29 is 8.83 Å². The highest BCUT2D eigenvalue weighted by atomic mass is 35.5. The molecule has 7 aromatic heterocycles. The Hall–Kier alpha value is -5.45. The first-order chi connectivity index (χ1) is 27.0. The number of nitrogens with one attached hydrogen (secondary N) is 2. The number of pyridine rings is 2. The normalized spacial score (nSPS) is 15.0. The molecule has 10 rings (SSSR count). The summed E-state index contributed by atoms with van der Waals surface area (Å²) >= 11 is 7.64. The van der Waals surface area contributed by atoms with E-state index in [1.807, 2.05) is 48.7 Å². The maximum atomic E-state index is 12.6. The summed E-state index contributed by atoms with van der Waals surface area (Å²) in [6.45, 7) is 7.49. The Kier molecular flexibility index (Phi) is 10.9. The molecule has 0 bridgehead atoms. The molecule has 2 aliphatic rings. The zero-order valence-corrected chi connectivity index (χ0v) is 32.4. The molecular formula is C39H36Cl2N10O4S. The van der Waals surface area contributed by atoms with Crippen molar-refractivity contribution in [2.24, 2.45) is 0 Å². The number of hydrogen-bond donors (Lipinski definition) is 2. The fourth-order valence-electron chi connectivity index (χ4n) is 6.80. The second kappa shape index (κ2) is 16.3. The molecule has 0 radical (unpaired) electrons. The topological polar surface area (TPSA) is 160 Å². The Morgan fingerprint density at radius 3 is 2.00 bits per heavy atom. The summed E-state index contributed by atoms with van der Waals surface area (Å²) in [6, 6.07) is 18.8. The van der Waals surface area contributed by atoms with Gasteiger partial charge in [0.2, 0.25) is 17.2 Å². The standard InChI is InChI=1S/C20H17ClN4O2S.C19H18N6O2.ClH/c21-14-3-1-4-15-17(14)24-19(28-15)13-11-12-5-6-16(23-18(12)27-20(13)26)25-9-2-7-22-8-10-25;26-18-14(15-12-25-9-2-6-21-19(25)22-15)11-13-3-4-16(23-17(13)27-18)24-8-1-5-20-7-10-24;/h1,3-6,11,22H,2,7-10H2;2-4,6,9,11-12,20H,1,5,7-8,10H2;1H. The van der Waals surface area contributed by atoms with Crippen LogP contribution in [0.15, 0.2) is 97.7 Å². The second-order valence-electron chi connectivity index (χ2n) is 13.3. The zero-order chi connectivity index (χ0) is 37.3. The van der Waals surface area contributed by atoms with E-state index >= 15 is 0 Å². The van der Waals surface area contributed by atoms with E-state index in [-0.39, 0.29) is 12.4 Å². The molecule has 1 aromatic carbocycles. The molecule has 0 saturated carbocycles. The van der Waals surface area contributed by atoms with Gasteiger partial charge in [-0.1, -0.05) is 17.7 Å². The minimum atomic E-state index is -0.451. The Bertz CT molecular complexity index is 2760. The highest BCUT2D eigenvalue weighted by molar-refractivity contribution is 7.21. The Morgan fingerprint density at radius 2 is 1.36 bits per heavy atom. The first-order valence-electron chi connectivity index (χ1n) is 18.1. The van der Waals surface area contributed by atoms with Crippen LogP contribution < -0.4 is 31.7 Å². The van der Waals surface area contributed by atoms with Crippen molar-refractivity contribution in [2.45, 2.75) is 12.8 Å². The summed E-state index contributed by atoms with van der Waals surface area (Å²) in [6.07, 6.45) is 7.39. The molecule has 2 fully saturated rings. The van der Waals surface area contributed by atoms with Crippen LogP contribution in [0, 0.1) is 0 Å². The van der Waals surface area contributed by atoms with Gasteiger partial charge >= 0.3 is 11.3 Å². The van der Waals surface area contributed by atoms with Gasteiger partial charge in [0.1, 0.15) is 22.2 Å². The number of aromatic nitrogens is 6. The molecule has 2 N–H and O–H groups in total. The van der Waals surface area contributed by atoms with Gasteiger partial charge in [-0.3, -0.25) is 4.40 Å². The molecule has 0 aliphatic carbocycles. The molecule has 14 nitrogen and oxygen atoms in total. The molecule has 0 spiro atoms. The number of benzene rings is 1. The Labute approximate surface area is 334 Å². The Balaban J connectivity index is 0.000000155.